The molecule has 0 fully saturated rings. The molecule has 0 radical (unpaired) electrons. The number of carbonyl (C=O) groups excluding carboxylic acids is 3. The van der Waals surface area contributed by atoms with Crippen molar-refractivity contribution in [1.82, 2.24) is 0 Å². The number of hydrogen-bond acceptors (Lipinski definition) is 6. The smallest absolute Gasteiger partial charge is 0.306 e. The average Bonchev–Trinajstić information content (AvgIpc) is 3.37. The zero-order chi connectivity index (χ0) is 51.4. The summed E-state index contributed by atoms with van der Waals surface area (Å²) in [6.07, 6.45) is 82.8. The van der Waals surface area contributed by atoms with Gasteiger partial charge in [0.15, 0.2) is 6.10 Å². The van der Waals surface area contributed by atoms with Crippen molar-refractivity contribution in [2.45, 2.75) is 232 Å². The van der Waals surface area contributed by atoms with Crippen molar-refractivity contribution in [2.75, 3.05) is 13.2 Å². The molecular formula is C65H102O6. The third-order valence-corrected chi connectivity index (χ3v) is 11.3. The van der Waals surface area contributed by atoms with Gasteiger partial charge in [-0.15, -0.1) is 0 Å². The number of rotatable bonds is 49. The highest BCUT2D eigenvalue weighted by molar-refractivity contribution is 5.71. The Kier molecular flexibility index (Phi) is 54.0. The van der Waals surface area contributed by atoms with E-state index < -0.39 is 6.10 Å². The first-order valence-corrected chi connectivity index (χ1v) is 28.3. The van der Waals surface area contributed by atoms with Crippen LogP contribution in [0.15, 0.2) is 146 Å². The van der Waals surface area contributed by atoms with E-state index >= 15 is 0 Å². The molecule has 0 spiro atoms. The molecule has 6 heteroatoms. The van der Waals surface area contributed by atoms with Crippen LogP contribution in [-0.2, 0) is 28.6 Å². The first kappa shape index (κ1) is 66.3. The quantitative estimate of drug-likeness (QED) is 0.0262. The summed E-state index contributed by atoms with van der Waals surface area (Å²) in [6, 6.07) is 0. The van der Waals surface area contributed by atoms with Crippen molar-refractivity contribution in [3.63, 3.8) is 0 Å². The van der Waals surface area contributed by atoms with Crippen molar-refractivity contribution in [1.29, 1.82) is 0 Å². The minimum absolute atomic E-state index is 0.123. The van der Waals surface area contributed by atoms with E-state index in [0.717, 1.165) is 135 Å². The van der Waals surface area contributed by atoms with E-state index in [2.05, 4.69) is 154 Å². The third-order valence-electron chi connectivity index (χ3n) is 11.3. The molecule has 0 heterocycles. The Morgan fingerprint density at radius 3 is 0.944 bits per heavy atom. The molecule has 1 unspecified atom stereocenters. The molecule has 0 aromatic heterocycles. The Labute approximate surface area is 436 Å². The van der Waals surface area contributed by atoms with Crippen LogP contribution in [-0.4, -0.2) is 37.2 Å². The van der Waals surface area contributed by atoms with E-state index in [1.807, 2.05) is 12.2 Å². The Bertz CT molecular complexity index is 1590. The molecule has 6 nitrogen and oxygen atoms in total. The molecule has 1 atom stereocenters. The number of carbonyl (C=O) groups is 3. The number of allylic oxidation sites excluding steroid dienone is 24. The molecule has 0 aliphatic heterocycles. The minimum Gasteiger partial charge on any atom is -0.462 e. The second-order valence-electron chi connectivity index (χ2n) is 18.1. The van der Waals surface area contributed by atoms with E-state index in [9.17, 15) is 14.4 Å². The maximum Gasteiger partial charge on any atom is 0.306 e. The monoisotopic (exact) mass is 979 g/mol. The summed E-state index contributed by atoms with van der Waals surface area (Å²) in [5.41, 5.74) is 0. The highest BCUT2D eigenvalue weighted by atomic mass is 16.6. The lowest BCUT2D eigenvalue weighted by Gasteiger charge is -2.18. The van der Waals surface area contributed by atoms with Gasteiger partial charge in [-0.25, -0.2) is 0 Å². The zero-order valence-electron chi connectivity index (χ0n) is 45.4. The average molecular weight is 980 g/mol. The van der Waals surface area contributed by atoms with Gasteiger partial charge in [-0.1, -0.05) is 224 Å². The van der Waals surface area contributed by atoms with Crippen LogP contribution in [0.3, 0.4) is 0 Å². The summed E-state index contributed by atoms with van der Waals surface area (Å²) in [7, 11) is 0. The molecule has 0 saturated carbocycles. The van der Waals surface area contributed by atoms with E-state index in [1.165, 1.54) is 44.9 Å². The Morgan fingerprint density at radius 2 is 0.577 bits per heavy atom. The Morgan fingerprint density at radius 1 is 0.296 bits per heavy atom. The summed E-state index contributed by atoms with van der Waals surface area (Å²) in [5, 5.41) is 0. The SMILES string of the molecule is CC/C=C\C/C=C\C/C=C\C/C=C\C/C=C\C/C=C\CCCCCCC(=O)OCC(COC(=O)CC/C=C\C/C=C\C/C=C\C/C=C\CC)OC(=O)CCCCCCCCC/C=C\C/C=C\CCCCC. The third kappa shape index (κ3) is 56.1. The predicted molar refractivity (Wildman–Crippen MR) is 306 cm³/mol. The van der Waals surface area contributed by atoms with Gasteiger partial charge in [0.2, 0.25) is 0 Å². The standard InChI is InChI=1S/C65H102O6/c1-4-7-10-13-16-19-22-25-27-29-30-31-32-33-34-36-37-40-43-46-49-52-55-58-64(67)70-61-62(60-69-63(66)57-54-51-48-45-42-39-24-21-18-15-12-9-6-3)71-65(68)59-56-53-50-47-44-41-38-35-28-26-23-20-17-14-11-8-5-2/h7,9-10,12,16-21,25-28,30-31,33-34,37,39-40,42,48,51,62H,4-6,8,11,13-15,22-24,29,32,35-36,38,41,43-47,49-50,52-61H2,1-3H3/b10-7-,12-9-,19-16-,20-17-,21-18-,27-25-,28-26-,31-30-,34-33-,40-37-,42-39-,51-48-. The van der Waals surface area contributed by atoms with Crippen LogP contribution in [0.1, 0.15) is 226 Å². The summed E-state index contributed by atoms with van der Waals surface area (Å²) in [5.74, 6) is -1.04. The van der Waals surface area contributed by atoms with Crippen LogP contribution in [0.2, 0.25) is 0 Å². The number of esters is 3. The van der Waals surface area contributed by atoms with E-state index in [-0.39, 0.29) is 37.5 Å². The van der Waals surface area contributed by atoms with Crippen molar-refractivity contribution in [2.24, 2.45) is 0 Å². The van der Waals surface area contributed by atoms with Crippen molar-refractivity contribution < 1.29 is 28.6 Å². The highest BCUT2D eigenvalue weighted by Crippen LogP contribution is 2.13. The lowest BCUT2D eigenvalue weighted by molar-refractivity contribution is -0.166. The van der Waals surface area contributed by atoms with Gasteiger partial charge < -0.3 is 14.2 Å². The molecule has 398 valence electrons. The first-order chi connectivity index (χ1) is 35.0. The van der Waals surface area contributed by atoms with Gasteiger partial charge in [-0.2, -0.15) is 0 Å². The van der Waals surface area contributed by atoms with Crippen LogP contribution < -0.4 is 0 Å². The summed E-state index contributed by atoms with van der Waals surface area (Å²) in [6.45, 7) is 6.28. The van der Waals surface area contributed by atoms with Crippen molar-refractivity contribution in [3.05, 3.63) is 146 Å². The lowest BCUT2D eigenvalue weighted by atomic mass is 10.1. The molecule has 0 aromatic carbocycles. The molecule has 0 aliphatic rings. The molecule has 0 saturated heterocycles. The van der Waals surface area contributed by atoms with E-state index in [1.54, 1.807) is 0 Å². The number of unbranched alkanes of at least 4 members (excludes halogenated alkanes) is 14. The summed E-state index contributed by atoms with van der Waals surface area (Å²) >= 11 is 0. The van der Waals surface area contributed by atoms with Gasteiger partial charge >= 0.3 is 17.9 Å². The van der Waals surface area contributed by atoms with Gasteiger partial charge in [-0.3, -0.25) is 14.4 Å². The fourth-order valence-electron chi connectivity index (χ4n) is 7.13. The van der Waals surface area contributed by atoms with Gasteiger partial charge in [0.05, 0.1) is 0 Å². The summed E-state index contributed by atoms with van der Waals surface area (Å²) in [4.78, 5) is 38.1. The molecular weight excluding hydrogens is 877 g/mol. The fraction of sp³-hybridized carbons (Fsp3) is 0.585. The normalized spacial score (nSPS) is 13.2. The maximum absolute atomic E-state index is 12.8. The minimum atomic E-state index is -0.829. The second kappa shape index (κ2) is 57.9. The van der Waals surface area contributed by atoms with Crippen LogP contribution >= 0.6 is 0 Å². The fourth-order valence-corrected chi connectivity index (χ4v) is 7.13. The number of hydrogen-bond donors (Lipinski definition) is 0. The van der Waals surface area contributed by atoms with Gasteiger partial charge in [0.25, 0.3) is 0 Å². The Hall–Kier alpha value is -4.71. The van der Waals surface area contributed by atoms with Crippen LogP contribution in [0, 0.1) is 0 Å². The zero-order valence-corrected chi connectivity index (χ0v) is 45.4. The molecule has 0 N–H and O–H groups in total. The topological polar surface area (TPSA) is 78.9 Å². The van der Waals surface area contributed by atoms with Gasteiger partial charge in [0, 0.05) is 19.3 Å². The van der Waals surface area contributed by atoms with Crippen LogP contribution in [0.4, 0.5) is 0 Å². The van der Waals surface area contributed by atoms with Gasteiger partial charge in [0.1, 0.15) is 13.2 Å². The molecule has 0 aliphatic carbocycles. The highest BCUT2D eigenvalue weighted by Gasteiger charge is 2.19. The first-order valence-electron chi connectivity index (χ1n) is 28.3. The van der Waals surface area contributed by atoms with Crippen LogP contribution in [0.5, 0.6) is 0 Å². The molecule has 71 heavy (non-hydrogen) atoms. The van der Waals surface area contributed by atoms with E-state index in [4.69, 9.17) is 14.2 Å². The van der Waals surface area contributed by atoms with Gasteiger partial charge in [-0.05, 0) is 128 Å². The van der Waals surface area contributed by atoms with Crippen molar-refractivity contribution >= 4 is 17.9 Å². The van der Waals surface area contributed by atoms with Crippen LogP contribution in [0.25, 0.3) is 0 Å². The predicted octanol–water partition coefficient (Wildman–Crippen LogP) is 19.2. The van der Waals surface area contributed by atoms with Crippen molar-refractivity contribution in [3.8, 4) is 0 Å². The number of ether oxygens (including phenoxy) is 3. The second-order valence-corrected chi connectivity index (χ2v) is 18.1. The van der Waals surface area contributed by atoms with E-state index in [0.29, 0.717) is 19.3 Å². The molecule has 0 amide bonds. The Balaban J connectivity index is 4.51. The molecule has 0 aromatic rings. The lowest BCUT2D eigenvalue weighted by Crippen LogP contribution is -2.30. The summed E-state index contributed by atoms with van der Waals surface area (Å²) < 4.78 is 16.7. The largest absolute Gasteiger partial charge is 0.462 e. The molecule has 0 bridgehead atoms. The molecule has 0 rings (SSSR count). The maximum atomic E-state index is 12.8.